The second-order valence-electron chi connectivity index (χ2n) is 4.40. The first-order chi connectivity index (χ1) is 6.56. The molecule has 0 aliphatic rings. The maximum Gasteiger partial charge on any atom is 0.0476 e. The van der Waals surface area contributed by atoms with Gasteiger partial charge < -0.3 is 0 Å². The summed E-state index contributed by atoms with van der Waals surface area (Å²) < 4.78 is 0. The van der Waals surface area contributed by atoms with E-state index in [2.05, 4.69) is 45.9 Å². The van der Waals surface area contributed by atoms with Crippen LogP contribution in [0.15, 0.2) is 18.2 Å². The van der Waals surface area contributed by atoms with Crippen LogP contribution in [0.1, 0.15) is 56.2 Å². The monoisotopic (exact) mass is 210 g/mol. The Morgan fingerprint density at radius 3 is 2.14 bits per heavy atom. The van der Waals surface area contributed by atoms with Gasteiger partial charge in [0.05, 0.1) is 0 Å². The molecule has 0 aliphatic carbocycles. The molecule has 1 rings (SSSR count). The highest BCUT2D eigenvalue weighted by Crippen LogP contribution is 2.25. The highest BCUT2D eigenvalue weighted by Gasteiger charge is 2.08. The first-order valence-corrected chi connectivity index (χ1v) is 5.78. The maximum atomic E-state index is 5.95. The summed E-state index contributed by atoms with van der Waals surface area (Å²) in [6, 6.07) is 6.68. The van der Waals surface area contributed by atoms with Gasteiger partial charge in [0.15, 0.2) is 0 Å². The molecule has 0 radical (unpaired) electrons. The van der Waals surface area contributed by atoms with Crippen LogP contribution in [0.3, 0.4) is 0 Å². The summed E-state index contributed by atoms with van der Waals surface area (Å²) in [4.78, 5) is 0. The van der Waals surface area contributed by atoms with E-state index < -0.39 is 0 Å². The van der Waals surface area contributed by atoms with Gasteiger partial charge in [0.25, 0.3) is 0 Å². The van der Waals surface area contributed by atoms with Gasteiger partial charge >= 0.3 is 0 Å². The van der Waals surface area contributed by atoms with Crippen molar-refractivity contribution in [3.8, 4) is 0 Å². The minimum absolute atomic E-state index is 0.560. The van der Waals surface area contributed by atoms with Crippen LogP contribution in [-0.2, 0) is 5.88 Å². The van der Waals surface area contributed by atoms with Crippen LogP contribution in [0.2, 0.25) is 0 Å². The lowest BCUT2D eigenvalue weighted by molar-refractivity contribution is 0.833. The summed E-state index contributed by atoms with van der Waals surface area (Å²) in [5, 5.41) is 0. The van der Waals surface area contributed by atoms with E-state index in [1.807, 2.05) is 0 Å². The van der Waals surface area contributed by atoms with Crippen LogP contribution in [0.25, 0.3) is 0 Å². The molecule has 0 aromatic heterocycles. The average Bonchev–Trinajstić information content (AvgIpc) is 2.16. The second kappa shape index (κ2) is 4.84. The standard InChI is InChI=1S/C13H19Cl/c1-9(2)11-5-6-13(10(3)4)12(7-11)8-14/h5-7,9-10H,8H2,1-4H3. The number of benzene rings is 1. The predicted octanol–water partition coefficient (Wildman–Crippen LogP) is 4.67. The SMILES string of the molecule is CC(C)c1ccc(C(C)C)c(CCl)c1. The molecular weight excluding hydrogens is 192 g/mol. The second-order valence-corrected chi connectivity index (χ2v) is 4.67. The third-order valence-electron chi connectivity index (χ3n) is 2.60. The largest absolute Gasteiger partial charge is 0.122 e. The fourth-order valence-electron chi connectivity index (χ4n) is 1.66. The van der Waals surface area contributed by atoms with Gasteiger partial charge in [-0.3, -0.25) is 0 Å². The van der Waals surface area contributed by atoms with Crippen molar-refractivity contribution < 1.29 is 0 Å². The van der Waals surface area contributed by atoms with Crippen molar-refractivity contribution in [2.75, 3.05) is 0 Å². The zero-order chi connectivity index (χ0) is 10.7. The van der Waals surface area contributed by atoms with Crippen LogP contribution in [0.5, 0.6) is 0 Å². The smallest absolute Gasteiger partial charge is 0.0476 e. The van der Waals surface area contributed by atoms with E-state index in [1.165, 1.54) is 16.7 Å². The predicted molar refractivity (Wildman–Crippen MR) is 64.2 cm³/mol. The van der Waals surface area contributed by atoms with E-state index in [0.717, 1.165) is 0 Å². The number of rotatable bonds is 3. The van der Waals surface area contributed by atoms with Crippen molar-refractivity contribution in [2.45, 2.75) is 45.4 Å². The van der Waals surface area contributed by atoms with Gasteiger partial charge in [-0.25, -0.2) is 0 Å². The van der Waals surface area contributed by atoms with Gasteiger partial charge in [0, 0.05) is 5.88 Å². The molecule has 0 heterocycles. The Morgan fingerprint density at radius 2 is 1.71 bits per heavy atom. The molecule has 0 bridgehead atoms. The zero-order valence-electron chi connectivity index (χ0n) is 9.47. The Bertz CT molecular complexity index is 300. The Labute approximate surface area is 92.3 Å². The van der Waals surface area contributed by atoms with E-state index in [0.29, 0.717) is 17.7 Å². The Balaban J connectivity index is 3.11. The molecular formula is C13H19Cl. The normalized spacial score (nSPS) is 11.4. The number of halogens is 1. The third-order valence-corrected chi connectivity index (χ3v) is 2.89. The summed E-state index contributed by atoms with van der Waals surface area (Å²) >= 11 is 5.95. The van der Waals surface area contributed by atoms with Crippen LogP contribution < -0.4 is 0 Å². The summed E-state index contributed by atoms with van der Waals surface area (Å²) in [6.07, 6.45) is 0. The molecule has 0 saturated heterocycles. The van der Waals surface area contributed by atoms with Crippen molar-refractivity contribution >= 4 is 11.6 Å². The van der Waals surface area contributed by atoms with Gasteiger partial charge in [-0.1, -0.05) is 45.9 Å². The number of hydrogen-bond donors (Lipinski definition) is 0. The zero-order valence-corrected chi connectivity index (χ0v) is 10.2. The quantitative estimate of drug-likeness (QED) is 0.636. The van der Waals surface area contributed by atoms with Gasteiger partial charge in [0.2, 0.25) is 0 Å². The van der Waals surface area contributed by atoms with Crippen LogP contribution in [0, 0.1) is 0 Å². The molecule has 1 aromatic carbocycles. The van der Waals surface area contributed by atoms with Gasteiger partial charge in [-0.15, -0.1) is 11.6 Å². The lowest BCUT2D eigenvalue weighted by Crippen LogP contribution is -1.97. The van der Waals surface area contributed by atoms with Crippen LogP contribution in [0.4, 0.5) is 0 Å². The maximum absolute atomic E-state index is 5.95. The number of alkyl halides is 1. The van der Waals surface area contributed by atoms with Crippen LogP contribution in [-0.4, -0.2) is 0 Å². The van der Waals surface area contributed by atoms with Gasteiger partial charge in [-0.05, 0) is 28.5 Å². The fraction of sp³-hybridized carbons (Fsp3) is 0.538. The highest BCUT2D eigenvalue weighted by molar-refractivity contribution is 6.17. The van der Waals surface area contributed by atoms with E-state index in [9.17, 15) is 0 Å². The third kappa shape index (κ3) is 2.51. The van der Waals surface area contributed by atoms with E-state index in [-0.39, 0.29) is 0 Å². The molecule has 0 saturated carbocycles. The fourth-order valence-corrected chi connectivity index (χ4v) is 1.90. The topological polar surface area (TPSA) is 0 Å². The molecule has 14 heavy (non-hydrogen) atoms. The van der Waals surface area contributed by atoms with Gasteiger partial charge in [-0.2, -0.15) is 0 Å². The molecule has 1 heteroatoms. The first kappa shape index (κ1) is 11.6. The summed E-state index contributed by atoms with van der Waals surface area (Å²) in [7, 11) is 0. The Kier molecular flexibility index (Phi) is 4.00. The molecule has 78 valence electrons. The molecule has 1 aromatic rings. The van der Waals surface area contributed by atoms with E-state index in [1.54, 1.807) is 0 Å². The van der Waals surface area contributed by atoms with Crippen molar-refractivity contribution in [3.63, 3.8) is 0 Å². The Hall–Kier alpha value is -0.490. The van der Waals surface area contributed by atoms with Crippen molar-refractivity contribution in [3.05, 3.63) is 34.9 Å². The lowest BCUT2D eigenvalue weighted by Gasteiger charge is -2.14. The molecule has 0 amide bonds. The molecule has 0 nitrogen and oxygen atoms in total. The molecule has 0 atom stereocenters. The van der Waals surface area contributed by atoms with E-state index in [4.69, 9.17) is 11.6 Å². The minimum atomic E-state index is 0.560. The van der Waals surface area contributed by atoms with Crippen molar-refractivity contribution in [2.24, 2.45) is 0 Å². The summed E-state index contributed by atoms with van der Waals surface area (Å²) in [5.74, 6) is 1.76. The molecule has 0 unspecified atom stereocenters. The summed E-state index contributed by atoms with van der Waals surface area (Å²) in [5.41, 5.74) is 4.04. The Morgan fingerprint density at radius 1 is 1.07 bits per heavy atom. The molecule has 0 N–H and O–H groups in total. The molecule has 0 spiro atoms. The highest BCUT2D eigenvalue weighted by atomic mass is 35.5. The summed E-state index contributed by atoms with van der Waals surface area (Å²) in [6.45, 7) is 8.84. The van der Waals surface area contributed by atoms with Gasteiger partial charge in [0.1, 0.15) is 0 Å². The minimum Gasteiger partial charge on any atom is -0.122 e. The molecule has 0 fully saturated rings. The number of hydrogen-bond acceptors (Lipinski definition) is 0. The van der Waals surface area contributed by atoms with Crippen molar-refractivity contribution in [1.82, 2.24) is 0 Å². The molecule has 0 aliphatic heterocycles. The van der Waals surface area contributed by atoms with Crippen LogP contribution >= 0.6 is 11.6 Å². The van der Waals surface area contributed by atoms with E-state index >= 15 is 0 Å². The average molecular weight is 211 g/mol. The van der Waals surface area contributed by atoms with Crippen molar-refractivity contribution in [1.29, 1.82) is 0 Å². The first-order valence-electron chi connectivity index (χ1n) is 5.25. The lowest BCUT2D eigenvalue weighted by atomic mass is 9.93.